The third-order valence-electron chi connectivity index (χ3n) is 4.36. The molecule has 0 aliphatic heterocycles. The van der Waals surface area contributed by atoms with E-state index in [9.17, 15) is 9.59 Å². The van der Waals surface area contributed by atoms with E-state index in [1.165, 1.54) is 0 Å². The highest BCUT2D eigenvalue weighted by Gasteiger charge is 2.34. The predicted octanol–water partition coefficient (Wildman–Crippen LogP) is 0.731. The molecule has 0 aromatic carbocycles. The minimum Gasteiger partial charge on any atom is -0.481 e. The Bertz CT molecular complexity index is 332. The van der Waals surface area contributed by atoms with Gasteiger partial charge in [-0.05, 0) is 38.0 Å². The number of carboxylic acid groups (broad SMARTS) is 1. The Balaban J connectivity index is 1.77. The largest absolute Gasteiger partial charge is 0.481 e. The Morgan fingerprint density at radius 2 is 2.00 bits per heavy atom. The van der Waals surface area contributed by atoms with Gasteiger partial charge >= 0.3 is 5.97 Å². The second-order valence-electron chi connectivity index (χ2n) is 5.65. The van der Waals surface area contributed by atoms with Gasteiger partial charge in [-0.3, -0.25) is 9.59 Å². The maximum Gasteiger partial charge on any atom is 0.306 e. The molecule has 2 fully saturated rings. The van der Waals surface area contributed by atoms with Gasteiger partial charge in [0.05, 0.1) is 5.92 Å². The number of rotatable bonds is 4. The van der Waals surface area contributed by atoms with Crippen LogP contribution in [0.15, 0.2) is 0 Å². The molecule has 102 valence electrons. The summed E-state index contributed by atoms with van der Waals surface area (Å²) in [5, 5.41) is 12.0. The molecular formula is C13H22N2O3. The molecule has 0 heterocycles. The fraction of sp³-hybridized carbons (Fsp3) is 0.846. The Kier molecular flexibility index (Phi) is 4.22. The standard InChI is InChI=1S/C13H22N2O3/c14-10-5-4-8(6-10)12(16)15-7-9-2-1-3-11(9)13(17)18/h8-11H,1-7,14H2,(H,15,16)(H,17,18). The normalized spacial score (nSPS) is 35.6. The Morgan fingerprint density at radius 3 is 2.61 bits per heavy atom. The number of nitrogens with two attached hydrogens (primary N) is 1. The summed E-state index contributed by atoms with van der Waals surface area (Å²) in [6.45, 7) is 0.502. The molecule has 0 bridgehead atoms. The zero-order valence-corrected chi connectivity index (χ0v) is 10.6. The van der Waals surface area contributed by atoms with Crippen LogP contribution in [-0.2, 0) is 9.59 Å². The summed E-state index contributed by atoms with van der Waals surface area (Å²) in [5.74, 6) is -0.823. The maximum atomic E-state index is 11.9. The number of carbonyl (C=O) groups excluding carboxylic acids is 1. The number of carboxylic acids is 1. The van der Waals surface area contributed by atoms with Crippen LogP contribution in [0.3, 0.4) is 0 Å². The lowest BCUT2D eigenvalue weighted by Crippen LogP contribution is -2.36. The van der Waals surface area contributed by atoms with Gasteiger partial charge in [-0.1, -0.05) is 6.42 Å². The van der Waals surface area contributed by atoms with Gasteiger partial charge in [-0.25, -0.2) is 0 Å². The number of nitrogens with one attached hydrogen (secondary N) is 1. The average Bonchev–Trinajstić information content (AvgIpc) is 2.94. The molecule has 5 heteroatoms. The highest BCUT2D eigenvalue weighted by molar-refractivity contribution is 5.79. The van der Waals surface area contributed by atoms with Crippen LogP contribution in [0.25, 0.3) is 0 Å². The van der Waals surface area contributed by atoms with Crippen molar-refractivity contribution < 1.29 is 14.7 Å². The Labute approximate surface area is 107 Å². The van der Waals surface area contributed by atoms with Crippen molar-refractivity contribution >= 4 is 11.9 Å². The molecule has 0 aromatic rings. The first kappa shape index (κ1) is 13.3. The number of hydrogen-bond donors (Lipinski definition) is 3. The van der Waals surface area contributed by atoms with Crippen molar-refractivity contribution in [2.75, 3.05) is 6.54 Å². The van der Waals surface area contributed by atoms with Gasteiger partial charge in [-0.15, -0.1) is 0 Å². The number of carbonyl (C=O) groups is 2. The van der Waals surface area contributed by atoms with Gasteiger partial charge in [0.1, 0.15) is 0 Å². The first-order chi connectivity index (χ1) is 8.58. The van der Waals surface area contributed by atoms with Crippen LogP contribution in [0, 0.1) is 17.8 Å². The van der Waals surface area contributed by atoms with Crippen LogP contribution in [0.2, 0.25) is 0 Å². The van der Waals surface area contributed by atoms with Crippen molar-refractivity contribution in [3.05, 3.63) is 0 Å². The molecule has 4 unspecified atom stereocenters. The van der Waals surface area contributed by atoms with Crippen molar-refractivity contribution in [2.24, 2.45) is 23.5 Å². The summed E-state index contributed by atoms with van der Waals surface area (Å²) in [6.07, 6.45) is 5.13. The fourth-order valence-electron chi connectivity index (χ4n) is 3.24. The summed E-state index contributed by atoms with van der Waals surface area (Å²) in [5.41, 5.74) is 5.79. The molecule has 2 rings (SSSR count). The summed E-state index contributed by atoms with van der Waals surface area (Å²) < 4.78 is 0. The fourth-order valence-corrected chi connectivity index (χ4v) is 3.24. The third kappa shape index (κ3) is 3.02. The van der Waals surface area contributed by atoms with Crippen LogP contribution in [0.4, 0.5) is 0 Å². The summed E-state index contributed by atoms with van der Waals surface area (Å²) >= 11 is 0. The molecule has 0 radical (unpaired) electrons. The van der Waals surface area contributed by atoms with E-state index in [1.54, 1.807) is 0 Å². The van der Waals surface area contributed by atoms with Crippen molar-refractivity contribution in [2.45, 2.75) is 44.6 Å². The van der Waals surface area contributed by atoms with Crippen LogP contribution in [0.5, 0.6) is 0 Å². The van der Waals surface area contributed by atoms with E-state index in [4.69, 9.17) is 10.8 Å². The molecule has 0 aromatic heterocycles. The molecule has 2 aliphatic carbocycles. The first-order valence-corrected chi connectivity index (χ1v) is 6.84. The summed E-state index contributed by atoms with van der Waals surface area (Å²) in [4.78, 5) is 22.9. The second kappa shape index (κ2) is 5.69. The number of aliphatic carboxylic acids is 1. The lowest BCUT2D eigenvalue weighted by molar-refractivity contribution is -0.143. The summed E-state index contributed by atoms with van der Waals surface area (Å²) in [7, 11) is 0. The molecule has 2 aliphatic rings. The molecule has 2 saturated carbocycles. The van der Waals surface area contributed by atoms with E-state index < -0.39 is 5.97 Å². The van der Waals surface area contributed by atoms with Gasteiger partial charge in [0.25, 0.3) is 0 Å². The second-order valence-corrected chi connectivity index (χ2v) is 5.65. The smallest absolute Gasteiger partial charge is 0.306 e. The van der Waals surface area contributed by atoms with E-state index >= 15 is 0 Å². The van der Waals surface area contributed by atoms with Crippen LogP contribution in [0.1, 0.15) is 38.5 Å². The van der Waals surface area contributed by atoms with Gasteiger partial charge in [0.15, 0.2) is 0 Å². The molecular weight excluding hydrogens is 232 g/mol. The van der Waals surface area contributed by atoms with Gasteiger partial charge in [0, 0.05) is 18.5 Å². The van der Waals surface area contributed by atoms with Gasteiger partial charge < -0.3 is 16.2 Å². The average molecular weight is 254 g/mol. The van der Waals surface area contributed by atoms with Crippen molar-refractivity contribution in [1.29, 1.82) is 0 Å². The Morgan fingerprint density at radius 1 is 1.22 bits per heavy atom. The van der Waals surface area contributed by atoms with E-state index in [2.05, 4.69) is 5.32 Å². The quantitative estimate of drug-likeness (QED) is 0.689. The SMILES string of the molecule is NC1CCC(C(=O)NCC2CCCC2C(=O)O)C1. The minimum atomic E-state index is -0.727. The predicted molar refractivity (Wildman–Crippen MR) is 66.8 cm³/mol. The molecule has 5 nitrogen and oxygen atoms in total. The number of hydrogen-bond acceptors (Lipinski definition) is 3. The van der Waals surface area contributed by atoms with Gasteiger partial charge in [0.2, 0.25) is 5.91 Å². The molecule has 1 amide bonds. The third-order valence-corrected chi connectivity index (χ3v) is 4.36. The highest BCUT2D eigenvalue weighted by atomic mass is 16.4. The molecule has 4 N–H and O–H groups in total. The first-order valence-electron chi connectivity index (χ1n) is 6.84. The van der Waals surface area contributed by atoms with E-state index in [0.717, 1.165) is 38.5 Å². The monoisotopic (exact) mass is 254 g/mol. The molecule has 18 heavy (non-hydrogen) atoms. The zero-order chi connectivity index (χ0) is 13.1. The summed E-state index contributed by atoms with van der Waals surface area (Å²) in [6, 6.07) is 0.152. The van der Waals surface area contributed by atoms with E-state index in [-0.39, 0.29) is 29.7 Å². The van der Waals surface area contributed by atoms with Crippen molar-refractivity contribution in [3.8, 4) is 0 Å². The van der Waals surface area contributed by atoms with Crippen molar-refractivity contribution in [1.82, 2.24) is 5.32 Å². The zero-order valence-electron chi connectivity index (χ0n) is 10.6. The molecule has 0 saturated heterocycles. The highest BCUT2D eigenvalue weighted by Crippen LogP contribution is 2.31. The number of amides is 1. The lowest BCUT2D eigenvalue weighted by atomic mass is 9.96. The van der Waals surface area contributed by atoms with Crippen LogP contribution < -0.4 is 11.1 Å². The maximum absolute atomic E-state index is 11.9. The van der Waals surface area contributed by atoms with Crippen molar-refractivity contribution in [3.63, 3.8) is 0 Å². The lowest BCUT2D eigenvalue weighted by Gasteiger charge is -2.18. The van der Waals surface area contributed by atoms with Crippen LogP contribution in [-0.4, -0.2) is 29.6 Å². The van der Waals surface area contributed by atoms with Gasteiger partial charge in [-0.2, -0.15) is 0 Å². The van der Waals surface area contributed by atoms with E-state index in [1.807, 2.05) is 0 Å². The van der Waals surface area contributed by atoms with E-state index in [0.29, 0.717) is 6.54 Å². The Hall–Kier alpha value is -1.10. The molecule has 4 atom stereocenters. The van der Waals surface area contributed by atoms with Crippen LogP contribution >= 0.6 is 0 Å². The topological polar surface area (TPSA) is 92.4 Å². The molecule has 0 spiro atoms. The minimum absolute atomic E-state index is 0.0321.